The molecule has 0 bridgehead atoms. The van der Waals surface area contributed by atoms with Gasteiger partial charge in [0.05, 0.1) is 5.02 Å². The predicted molar refractivity (Wildman–Crippen MR) is 80.6 cm³/mol. The molecule has 98 valence electrons. The topological polar surface area (TPSA) is 48.1 Å². The molecular weight excluding hydrogens is 280 g/mol. The first-order chi connectivity index (χ1) is 9.06. The molecule has 1 aromatic heterocycles. The van der Waals surface area contributed by atoms with Gasteiger partial charge < -0.3 is 10.5 Å². The zero-order valence-electron chi connectivity index (χ0n) is 10.4. The van der Waals surface area contributed by atoms with Gasteiger partial charge in [-0.15, -0.1) is 0 Å². The van der Waals surface area contributed by atoms with Gasteiger partial charge in [0, 0.05) is 23.5 Å². The largest absolute Gasteiger partial charge is 0.489 e. The molecular formula is C14H13ClN2OS. The van der Waals surface area contributed by atoms with Crippen LogP contribution < -0.4 is 10.5 Å². The Labute approximate surface area is 122 Å². The van der Waals surface area contributed by atoms with E-state index in [1.165, 1.54) is 0 Å². The summed E-state index contributed by atoms with van der Waals surface area (Å²) in [5.74, 6) is 0.673. The van der Waals surface area contributed by atoms with Crippen molar-refractivity contribution >= 4 is 28.8 Å². The van der Waals surface area contributed by atoms with Crippen LogP contribution in [0.25, 0.3) is 0 Å². The number of hydrogen-bond donors (Lipinski definition) is 1. The fourth-order valence-corrected chi connectivity index (χ4v) is 2.15. The number of nitrogens with zero attached hydrogens (tertiary/aromatic N) is 1. The van der Waals surface area contributed by atoms with Gasteiger partial charge in [0.2, 0.25) is 0 Å². The molecule has 0 unspecified atom stereocenters. The van der Waals surface area contributed by atoms with Gasteiger partial charge >= 0.3 is 0 Å². The molecule has 2 rings (SSSR count). The van der Waals surface area contributed by atoms with Crippen LogP contribution in [0.5, 0.6) is 5.75 Å². The number of pyridine rings is 1. The Hall–Kier alpha value is -1.65. The Bertz CT molecular complexity index is 616. The molecule has 0 spiro atoms. The van der Waals surface area contributed by atoms with E-state index in [0.717, 1.165) is 11.1 Å². The van der Waals surface area contributed by atoms with Crippen LogP contribution in [0.15, 0.2) is 36.7 Å². The molecule has 0 aliphatic carbocycles. The van der Waals surface area contributed by atoms with E-state index in [-0.39, 0.29) is 4.99 Å². The van der Waals surface area contributed by atoms with Crippen molar-refractivity contribution in [3.05, 3.63) is 58.4 Å². The third-order valence-corrected chi connectivity index (χ3v) is 3.08. The van der Waals surface area contributed by atoms with Gasteiger partial charge in [-0.05, 0) is 36.8 Å². The minimum absolute atomic E-state index is 0.277. The van der Waals surface area contributed by atoms with Gasteiger partial charge in [-0.25, -0.2) is 0 Å². The van der Waals surface area contributed by atoms with E-state index >= 15 is 0 Å². The van der Waals surface area contributed by atoms with Crippen molar-refractivity contribution in [2.24, 2.45) is 5.73 Å². The average molecular weight is 293 g/mol. The van der Waals surface area contributed by atoms with E-state index < -0.39 is 0 Å². The maximum atomic E-state index is 6.07. The van der Waals surface area contributed by atoms with Crippen LogP contribution in [0.2, 0.25) is 5.02 Å². The Kier molecular flexibility index (Phi) is 4.35. The number of rotatable bonds is 4. The van der Waals surface area contributed by atoms with Gasteiger partial charge in [-0.2, -0.15) is 0 Å². The number of halogens is 1. The maximum absolute atomic E-state index is 6.07. The number of hydrogen-bond acceptors (Lipinski definition) is 3. The Morgan fingerprint density at radius 1 is 1.37 bits per heavy atom. The Morgan fingerprint density at radius 2 is 2.16 bits per heavy atom. The highest BCUT2D eigenvalue weighted by molar-refractivity contribution is 7.80. The van der Waals surface area contributed by atoms with Crippen LogP contribution >= 0.6 is 23.8 Å². The average Bonchev–Trinajstić information content (AvgIpc) is 2.36. The fourth-order valence-electron chi connectivity index (χ4n) is 1.65. The summed E-state index contributed by atoms with van der Waals surface area (Å²) in [4.78, 5) is 4.39. The van der Waals surface area contributed by atoms with E-state index in [0.29, 0.717) is 22.9 Å². The van der Waals surface area contributed by atoms with Gasteiger partial charge in [0.25, 0.3) is 0 Å². The highest BCUT2D eigenvalue weighted by atomic mass is 35.5. The minimum atomic E-state index is 0.277. The summed E-state index contributed by atoms with van der Waals surface area (Å²) in [7, 11) is 0. The van der Waals surface area contributed by atoms with Crippen molar-refractivity contribution in [1.29, 1.82) is 0 Å². The summed E-state index contributed by atoms with van der Waals surface area (Å²) in [6, 6.07) is 7.29. The number of aromatic nitrogens is 1. The lowest BCUT2D eigenvalue weighted by molar-refractivity contribution is 0.305. The molecule has 2 N–H and O–H groups in total. The highest BCUT2D eigenvalue weighted by Gasteiger charge is 2.05. The van der Waals surface area contributed by atoms with Crippen molar-refractivity contribution in [1.82, 2.24) is 4.98 Å². The first kappa shape index (κ1) is 13.8. The highest BCUT2D eigenvalue weighted by Crippen LogP contribution is 2.23. The van der Waals surface area contributed by atoms with Crippen molar-refractivity contribution in [2.45, 2.75) is 13.5 Å². The third kappa shape index (κ3) is 3.66. The van der Waals surface area contributed by atoms with E-state index in [9.17, 15) is 0 Å². The monoisotopic (exact) mass is 292 g/mol. The van der Waals surface area contributed by atoms with Crippen molar-refractivity contribution in [3.63, 3.8) is 0 Å². The van der Waals surface area contributed by atoms with Gasteiger partial charge in [0.15, 0.2) is 0 Å². The molecule has 5 heteroatoms. The van der Waals surface area contributed by atoms with E-state index in [1.54, 1.807) is 30.6 Å². The quantitative estimate of drug-likeness (QED) is 0.879. The van der Waals surface area contributed by atoms with Gasteiger partial charge in [-0.3, -0.25) is 4.98 Å². The first-order valence-corrected chi connectivity index (χ1v) is 6.47. The summed E-state index contributed by atoms with van der Waals surface area (Å²) in [5, 5.41) is 0.493. The Balaban J connectivity index is 2.08. The number of thiocarbonyl (C=S) groups is 1. The number of nitrogens with two attached hydrogens (primary N) is 1. The van der Waals surface area contributed by atoms with Gasteiger partial charge in [-0.1, -0.05) is 23.8 Å². The molecule has 0 radical (unpaired) electrons. The molecule has 0 amide bonds. The van der Waals surface area contributed by atoms with E-state index in [2.05, 4.69) is 4.98 Å². The molecule has 0 atom stereocenters. The molecule has 0 saturated carbocycles. The molecule has 0 saturated heterocycles. The minimum Gasteiger partial charge on any atom is -0.489 e. The lowest BCUT2D eigenvalue weighted by atomic mass is 10.2. The van der Waals surface area contributed by atoms with Crippen LogP contribution in [0, 0.1) is 6.92 Å². The standard InChI is InChI=1S/C14H13ClN2OS/c1-9-4-10(7-17-6-9)8-18-11-2-3-12(14(16)19)13(15)5-11/h2-7H,8H2,1H3,(H2,16,19). The summed E-state index contributed by atoms with van der Waals surface area (Å²) in [6.45, 7) is 2.43. The van der Waals surface area contributed by atoms with Crippen LogP contribution in [0.4, 0.5) is 0 Å². The summed E-state index contributed by atoms with van der Waals surface area (Å²) in [5.41, 5.74) is 8.31. The van der Waals surface area contributed by atoms with Crippen LogP contribution in [-0.4, -0.2) is 9.97 Å². The number of aryl methyl sites for hydroxylation is 1. The third-order valence-electron chi connectivity index (χ3n) is 2.54. The molecule has 0 aliphatic heterocycles. The zero-order valence-corrected chi connectivity index (χ0v) is 12.0. The van der Waals surface area contributed by atoms with Crippen molar-refractivity contribution in [3.8, 4) is 5.75 Å². The summed E-state index contributed by atoms with van der Waals surface area (Å²) in [6.07, 6.45) is 3.58. The summed E-state index contributed by atoms with van der Waals surface area (Å²) < 4.78 is 5.65. The van der Waals surface area contributed by atoms with E-state index in [4.69, 9.17) is 34.3 Å². The second-order valence-corrected chi connectivity index (χ2v) is 5.01. The van der Waals surface area contributed by atoms with Crippen LogP contribution in [0.1, 0.15) is 16.7 Å². The van der Waals surface area contributed by atoms with Crippen LogP contribution in [-0.2, 0) is 6.61 Å². The Morgan fingerprint density at radius 3 is 2.79 bits per heavy atom. The molecule has 3 nitrogen and oxygen atoms in total. The smallest absolute Gasteiger partial charge is 0.121 e. The summed E-state index contributed by atoms with van der Waals surface area (Å²) >= 11 is 11.0. The lowest BCUT2D eigenvalue weighted by Crippen LogP contribution is -2.09. The van der Waals surface area contributed by atoms with Crippen molar-refractivity contribution < 1.29 is 4.74 Å². The predicted octanol–water partition coefficient (Wildman–Crippen LogP) is 3.26. The molecule has 0 aliphatic rings. The molecule has 19 heavy (non-hydrogen) atoms. The SMILES string of the molecule is Cc1cncc(COc2ccc(C(N)=S)c(Cl)c2)c1. The maximum Gasteiger partial charge on any atom is 0.121 e. The zero-order chi connectivity index (χ0) is 13.8. The molecule has 1 heterocycles. The second kappa shape index (κ2) is 5.99. The molecule has 1 aromatic carbocycles. The van der Waals surface area contributed by atoms with Gasteiger partial charge in [0.1, 0.15) is 17.3 Å². The lowest BCUT2D eigenvalue weighted by Gasteiger charge is -2.08. The van der Waals surface area contributed by atoms with Crippen molar-refractivity contribution in [2.75, 3.05) is 0 Å². The number of benzene rings is 1. The first-order valence-electron chi connectivity index (χ1n) is 5.69. The van der Waals surface area contributed by atoms with Crippen LogP contribution in [0.3, 0.4) is 0 Å². The number of ether oxygens (including phenoxy) is 1. The second-order valence-electron chi connectivity index (χ2n) is 4.17. The molecule has 0 fully saturated rings. The fraction of sp³-hybridized carbons (Fsp3) is 0.143. The normalized spacial score (nSPS) is 10.2. The molecule has 2 aromatic rings. The van der Waals surface area contributed by atoms with E-state index in [1.807, 2.05) is 13.0 Å².